The van der Waals surface area contributed by atoms with Gasteiger partial charge in [0.15, 0.2) is 11.6 Å². The average molecular weight is 157 g/mol. The summed E-state index contributed by atoms with van der Waals surface area (Å²) in [7, 11) is 1.33. The van der Waals surface area contributed by atoms with Crippen LogP contribution in [0.1, 0.15) is 0 Å². The predicted octanol–water partition coefficient (Wildman–Crippen LogP) is 1.12. The van der Waals surface area contributed by atoms with Crippen LogP contribution >= 0.6 is 0 Å². The molecule has 0 fully saturated rings. The normalized spacial score (nSPS) is 9.64. The molecular formula is C7H8FNO2. The molecule has 60 valence electrons. The Morgan fingerprint density at radius 2 is 2.18 bits per heavy atom. The molecule has 0 saturated heterocycles. The Kier molecular flexibility index (Phi) is 1.85. The number of nitrogens with two attached hydrogens (primary N) is 1. The van der Waals surface area contributed by atoms with Gasteiger partial charge in [0, 0.05) is 0 Å². The molecule has 0 unspecified atom stereocenters. The fourth-order valence-electron chi connectivity index (χ4n) is 0.720. The molecule has 4 heteroatoms. The number of nitrogen functional groups attached to an aromatic ring is 1. The predicted molar refractivity (Wildman–Crippen MR) is 39.0 cm³/mol. The van der Waals surface area contributed by atoms with Crippen molar-refractivity contribution in [2.75, 3.05) is 12.8 Å². The molecule has 0 aliphatic carbocycles. The van der Waals surface area contributed by atoms with Gasteiger partial charge < -0.3 is 15.6 Å². The molecule has 0 aliphatic heterocycles. The van der Waals surface area contributed by atoms with E-state index >= 15 is 0 Å². The van der Waals surface area contributed by atoms with Crippen LogP contribution in [0.15, 0.2) is 12.1 Å². The van der Waals surface area contributed by atoms with Crippen molar-refractivity contribution >= 4 is 5.69 Å². The van der Waals surface area contributed by atoms with Gasteiger partial charge >= 0.3 is 0 Å². The Balaban J connectivity index is 3.25. The molecule has 1 aromatic carbocycles. The van der Waals surface area contributed by atoms with E-state index in [-0.39, 0.29) is 17.2 Å². The lowest BCUT2D eigenvalue weighted by molar-refractivity contribution is 0.384. The van der Waals surface area contributed by atoms with E-state index in [0.29, 0.717) is 0 Å². The summed E-state index contributed by atoms with van der Waals surface area (Å²) < 4.78 is 17.5. The van der Waals surface area contributed by atoms with E-state index in [2.05, 4.69) is 4.74 Å². The van der Waals surface area contributed by atoms with Crippen LogP contribution in [-0.2, 0) is 0 Å². The molecular weight excluding hydrogens is 149 g/mol. The molecule has 0 radical (unpaired) electrons. The molecule has 3 nitrogen and oxygen atoms in total. The van der Waals surface area contributed by atoms with Crippen LogP contribution in [0.2, 0.25) is 0 Å². The van der Waals surface area contributed by atoms with Gasteiger partial charge in [0.05, 0.1) is 7.11 Å². The summed E-state index contributed by atoms with van der Waals surface area (Å²) in [5, 5.41) is 8.90. The molecule has 0 heterocycles. The van der Waals surface area contributed by atoms with Crippen LogP contribution in [0.3, 0.4) is 0 Å². The number of rotatable bonds is 1. The van der Waals surface area contributed by atoms with E-state index in [4.69, 9.17) is 10.8 Å². The summed E-state index contributed by atoms with van der Waals surface area (Å²) >= 11 is 0. The zero-order valence-electron chi connectivity index (χ0n) is 5.97. The smallest absolute Gasteiger partial charge is 0.191 e. The van der Waals surface area contributed by atoms with Crippen molar-refractivity contribution < 1.29 is 14.2 Å². The van der Waals surface area contributed by atoms with Crippen LogP contribution < -0.4 is 10.5 Å². The highest BCUT2D eigenvalue weighted by atomic mass is 19.1. The number of hydrogen-bond donors (Lipinski definition) is 2. The quantitative estimate of drug-likeness (QED) is 0.474. The number of phenolic OH excluding ortho intramolecular Hbond substituents is 1. The third kappa shape index (κ3) is 1.19. The van der Waals surface area contributed by atoms with Gasteiger partial charge in [-0.25, -0.2) is 4.39 Å². The summed E-state index contributed by atoms with van der Waals surface area (Å²) in [6, 6.07) is 2.58. The molecule has 11 heavy (non-hydrogen) atoms. The van der Waals surface area contributed by atoms with E-state index < -0.39 is 5.82 Å². The average Bonchev–Trinajstić information content (AvgIpc) is 2.01. The number of ether oxygens (including phenoxy) is 1. The Bertz CT molecular complexity index is 275. The minimum atomic E-state index is -0.729. The zero-order chi connectivity index (χ0) is 8.43. The molecule has 1 aromatic rings. The third-order valence-electron chi connectivity index (χ3n) is 1.34. The molecule has 3 N–H and O–H groups in total. The molecule has 0 spiro atoms. The number of methoxy groups -OCH3 is 1. The fourth-order valence-corrected chi connectivity index (χ4v) is 0.720. The Labute approximate surface area is 63.2 Å². The Morgan fingerprint density at radius 3 is 2.73 bits per heavy atom. The van der Waals surface area contributed by atoms with Crippen LogP contribution in [0.4, 0.5) is 10.1 Å². The molecule has 0 aromatic heterocycles. The Hall–Kier alpha value is -1.45. The first-order valence-electron chi connectivity index (χ1n) is 2.97. The van der Waals surface area contributed by atoms with Crippen molar-refractivity contribution in [3.05, 3.63) is 17.9 Å². The van der Waals surface area contributed by atoms with E-state index in [1.54, 1.807) is 0 Å². The summed E-state index contributed by atoms with van der Waals surface area (Å²) in [5.74, 6) is -0.976. The molecule has 0 bridgehead atoms. The van der Waals surface area contributed by atoms with Gasteiger partial charge in [-0.1, -0.05) is 0 Å². The summed E-state index contributed by atoms with van der Waals surface area (Å²) in [5.41, 5.74) is 4.87. The second-order valence-corrected chi connectivity index (χ2v) is 2.01. The Morgan fingerprint density at radius 1 is 1.55 bits per heavy atom. The summed E-state index contributed by atoms with van der Waals surface area (Å²) in [6.07, 6.45) is 0. The van der Waals surface area contributed by atoms with Gasteiger partial charge in [-0.15, -0.1) is 0 Å². The second-order valence-electron chi connectivity index (χ2n) is 2.01. The van der Waals surface area contributed by atoms with E-state index in [1.807, 2.05) is 0 Å². The lowest BCUT2D eigenvalue weighted by Gasteiger charge is -2.04. The highest BCUT2D eigenvalue weighted by Gasteiger charge is 2.09. The maximum Gasteiger partial charge on any atom is 0.191 e. The van der Waals surface area contributed by atoms with Gasteiger partial charge in [0.2, 0.25) is 0 Å². The van der Waals surface area contributed by atoms with Crippen molar-refractivity contribution in [2.24, 2.45) is 0 Å². The number of halogens is 1. The third-order valence-corrected chi connectivity index (χ3v) is 1.34. The van der Waals surface area contributed by atoms with Gasteiger partial charge in [-0.2, -0.15) is 0 Å². The van der Waals surface area contributed by atoms with Crippen molar-refractivity contribution in [2.45, 2.75) is 0 Å². The number of hydrogen-bond acceptors (Lipinski definition) is 3. The van der Waals surface area contributed by atoms with Crippen molar-refractivity contribution in [1.82, 2.24) is 0 Å². The first-order chi connectivity index (χ1) is 5.16. The summed E-state index contributed by atoms with van der Waals surface area (Å²) in [6.45, 7) is 0. The van der Waals surface area contributed by atoms with Crippen LogP contribution in [0.5, 0.6) is 11.5 Å². The molecule has 0 atom stereocenters. The molecule has 0 amide bonds. The fraction of sp³-hybridized carbons (Fsp3) is 0.143. The number of phenols is 1. The highest BCUT2D eigenvalue weighted by molar-refractivity contribution is 5.56. The SMILES string of the molecule is COc1ccc(O)c(N)c1F. The van der Waals surface area contributed by atoms with Crippen LogP contribution in [-0.4, -0.2) is 12.2 Å². The minimum Gasteiger partial charge on any atom is -0.506 e. The van der Waals surface area contributed by atoms with Gasteiger partial charge in [0.25, 0.3) is 0 Å². The lowest BCUT2D eigenvalue weighted by Crippen LogP contribution is -1.94. The topological polar surface area (TPSA) is 55.5 Å². The van der Waals surface area contributed by atoms with Crippen LogP contribution in [0.25, 0.3) is 0 Å². The minimum absolute atomic E-state index is 0.0281. The monoisotopic (exact) mass is 157 g/mol. The number of benzene rings is 1. The largest absolute Gasteiger partial charge is 0.506 e. The highest BCUT2D eigenvalue weighted by Crippen LogP contribution is 2.29. The summed E-state index contributed by atoms with van der Waals surface area (Å²) in [4.78, 5) is 0. The lowest BCUT2D eigenvalue weighted by atomic mass is 10.2. The van der Waals surface area contributed by atoms with Gasteiger partial charge in [0.1, 0.15) is 11.4 Å². The van der Waals surface area contributed by atoms with Crippen molar-refractivity contribution in [1.29, 1.82) is 0 Å². The standard InChI is InChI=1S/C7H8FNO2/c1-11-5-3-2-4(10)7(9)6(5)8/h2-3,10H,9H2,1H3. The van der Waals surface area contributed by atoms with Crippen molar-refractivity contribution in [3.63, 3.8) is 0 Å². The molecule has 1 rings (SSSR count). The maximum absolute atomic E-state index is 12.9. The number of aromatic hydroxyl groups is 1. The maximum atomic E-state index is 12.9. The number of anilines is 1. The van der Waals surface area contributed by atoms with E-state index in [1.165, 1.54) is 19.2 Å². The van der Waals surface area contributed by atoms with Gasteiger partial charge in [-0.3, -0.25) is 0 Å². The van der Waals surface area contributed by atoms with Crippen molar-refractivity contribution in [3.8, 4) is 11.5 Å². The zero-order valence-corrected chi connectivity index (χ0v) is 5.97. The van der Waals surface area contributed by atoms with E-state index in [0.717, 1.165) is 0 Å². The van der Waals surface area contributed by atoms with Crippen LogP contribution in [0, 0.1) is 5.82 Å². The molecule has 0 aliphatic rings. The van der Waals surface area contributed by atoms with Gasteiger partial charge in [-0.05, 0) is 12.1 Å². The first kappa shape index (κ1) is 7.65. The van der Waals surface area contributed by atoms with E-state index in [9.17, 15) is 4.39 Å². The second kappa shape index (κ2) is 2.65. The first-order valence-corrected chi connectivity index (χ1v) is 2.97. The molecule has 0 saturated carbocycles.